The van der Waals surface area contributed by atoms with Crippen LogP contribution in [-0.4, -0.2) is 30.1 Å². The normalized spacial score (nSPS) is 12.7. The fraction of sp³-hybridized carbons (Fsp3) is 0.529. The molecule has 2 N–H and O–H groups in total. The summed E-state index contributed by atoms with van der Waals surface area (Å²) in [5, 5.41) is 7.91. The molecule has 1 atom stereocenters. The average molecular weight is 446 g/mol. The van der Waals surface area contributed by atoms with Crippen molar-refractivity contribution >= 4 is 51.5 Å². The largest absolute Gasteiger partial charge is 0.357 e. The molecule has 1 aromatic heterocycles. The van der Waals surface area contributed by atoms with E-state index >= 15 is 0 Å². The number of aromatic nitrogens is 1. The molecular weight excluding hydrogens is 419 g/mol. The quantitative estimate of drug-likeness (QED) is 0.290. The monoisotopic (exact) mass is 446 g/mol. The molecule has 0 aliphatic carbocycles. The van der Waals surface area contributed by atoms with Gasteiger partial charge in [0, 0.05) is 25.6 Å². The van der Waals surface area contributed by atoms with Crippen molar-refractivity contribution in [1.29, 1.82) is 0 Å². The number of guanidine groups is 1. The first-order chi connectivity index (χ1) is 10.7. The molecule has 1 heterocycles. The molecule has 2 rings (SSSR count). The first-order valence-electron chi connectivity index (χ1n) is 8.12. The van der Waals surface area contributed by atoms with E-state index in [1.165, 1.54) is 9.71 Å². The molecule has 23 heavy (non-hydrogen) atoms. The van der Waals surface area contributed by atoms with Gasteiger partial charge < -0.3 is 10.6 Å². The zero-order chi connectivity index (χ0) is 15.8. The molecule has 0 aliphatic rings. The van der Waals surface area contributed by atoms with Gasteiger partial charge in [0.05, 0.1) is 15.2 Å². The van der Waals surface area contributed by atoms with E-state index < -0.39 is 0 Å². The standard InChI is InChI=1S/C17H26N4S.HI/c1-4-13(3)20-17(18-5-2)19-12-8-11-16-21-14-9-6-7-10-15(14)22-16;/h6-7,9-10,13H,4-5,8,11-12H2,1-3H3,(H2,18,19,20);1H. The summed E-state index contributed by atoms with van der Waals surface area (Å²) in [6.45, 7) is 8.15. The highest BCUT2D eigenvalue weighted by Crippen LogP contribution is 2.22. The molecule has 0 amide bonds. The fourth-order valence-corrected chi connectivity index (χ4v) is 3.11. The van der Waals surface area contributed by atoms with Crippen molar-refractivity contribution in [3.8, 4) is 0 Å². The van der Waals surface area contributed by atoms with Crippen LogP contribution in [0.3, 0.4) is 0 Å². The van der Waals surface area contributed by atoms with Crippen LogP contribution in [0, 0.1) is 0 Å². The Balaban J connectivity index is 0.00000264. The van der Waals surface area contributed by atoms with Crippen LogP contribution in [0.1, 0.15) is 38.6 Å². The Labute approximate surface area is 160 Å². The topological polar surface area (TPSA) is 49.3 Å². The predicted octanol–water partition coefficient (Wildman–Crippen LogP) is 4.20. The Morgan fingerprint density at radius 3 is 2.78 bits per heavy atom. The van der Waals surface area contributed by atoms with Crippen molar-refractivity contribution < 1.29 is 0 Å². The fourth-order valence-electron chi connectivity index (χ4n) is 2.10. The minimum atomic E-state index is 0. The third-order valence-corrected chi connectivity index (χ3v) is 4.59. The van der Waals surface area contributed by atoms with Crippen molar-refractivity contribution in [2.45, 2.75) is 46.1 Å². The molecule has 0 aliphatic heterocycles. The molecule has 0 fully saturated rings. The highest BCUT2D eigenvalue weighted by atomic mass is 127. The van der Waals surface area contributed by atoms with Crippen LogP contribution >= 0.6 is 35.3 Å². The molecule has 2 aromatic rings. The van der Waals surface area contributed by atoms with Crippen molar-refractivity contribution in [1.82, 2.24) is 15.6 Å². The number of benzene rings is 1. The van der Waals surface area contributed by atoms with E-state index in [4.69, 9.17) is 0 Å². The highest BCUT2D eigenvalue weighted by Gasteiger charge is 2.04. The number of thiazole rings is 1. The van der Waals surface area contributed by atoms with Gasteiger partial charge in [-0.3, -0.25) is 4.99 Å². The molecule has 1 unspecified atom stereocenters. The van der Waals surface area contributed by atoms with Crippen LogP contribution in [0.5, 0.6) is 0 Å². The number of nitrogens with one attached hydrogen (secondary N) is 2. The zero-order valence-electron chi connectivity index (χ0n) is 14.1. The maximum absolute atomic E-state index is 4.67. The van der Waals surface area contributed by atoms with E-state index in [1.54, 1.807) is 11.3 Å². The zero-order valence-corrected chi connectivity index (χ0v) is 17.3. The molecule has 6 heteroatoms. The Bertz CT molecular complexity index is 578. The maximum atomic E-state index is 4.67. The minimum Gasteiger partial charge on any atom is -0.357 e. The average Bonchev–Trinajstić information content (AvgIpc) is 2.94. The summed E-state index contributed by atoms with van der Waals surface area (Å²) < 4.78 is 1.27. The second-order valence-electron chi connectivity index (χ2n) is 5.39. The van der Waals surface area contributed by atoms with Gasteiger partial charge in [-0.1, -0.05) is 19.1 Å². The lowest BCUT2D eigenvalue weighted by molar-refractivity contribution is 0.623. The molecule has 4 nitrogen and oxygen atoms in total. The summed E-state index contributed by atoms with van der Waals surface area (Å²) in [5.41, 5.74) is 1.11. The molecule has 0 radical (unpaired) electrons. The van der Waals surface area contributed by atoms with Gasteiger partial charge in [0.2, 0.25) is 0 Å². The van der Waals surface area contributed by atoms with Crippen LogP contribution in [-0.2, 0) is 6.42 Å². The SMILES string of the molecule is CCNC(=NCCCc1nc2ccccc2s1)NC(C)CC.I. The van der Waals surface area contributed by atoms with Crippen LogP contribution in [0.2, 0.25) is 0 Å². The number of nitrogens with zero attached hydrogens (tertiary/aromatic N) is 2. The van der Waals surface area contributed by atoms with Crippen molar-refractivity contribution in [3.05, 3.63) is 29.3 Å². The van der Waals surface area contributed by atoms with Crippen LogP contribution in [0.25, 0.3) is 10.2 Å². The predicted molar refractivity (Wildman–Crippen MR) is 112 cm³/mol. The van der Waals surface area contributed by atoms with Gasteiger partial charge >= 0.3 is 0 Å². The lowest BCUT2D eigenvalue weighted by atomic mass is 10.3. The third kappa shape index (κ3) is 6.63. The first kappa shape index (κ1) is 20.2. The molecule has 0 bridgehead atoms. The van der Waals surface area contributed by atoms with E-state index in [9.17, 15) is 0 Å². The summed E-state index contributed by atoms with van der Waals surface area (Å²) in [6.07, 6.45) is 3.11. The Kier molecular flexibility index (Phi) is 9.47. The Morgan fingerprint density at radius 1 is 1.30 bits per heavy atom. The first-order valence-corrected chi connectivity index (χ1v) is 8.93. The number of fused-ring (bicyclic) bond motifs is 1. The number of hydrogen-bond acceptors (Lipinski definition) is 3. The molecule has 0 saturated heterocycles. The third-order valence-electron chi connectivity index (χ3n) is 3.50. The molecule has 0 spiro atoms. The number of hydrogen-bond donors (Lipinski definition) is 2. The molecule has 128 valence electrons. The summed E-state index contributed by atoms with van der Waals surface area (Å²) in [6, 6.07) is 8.76. The van der Waals surface area contributed by atoms with Gasteiger partial charge in [-0.25, -0.2) is 4.98 Å². The van der Waals surface area contributed by atoms with Crippen molar-refractivity contribution in [2.24, 2.45) is 4.99 Å². The summed E-state index contributed by atoms with van der Waals surface area (Å²) in [7, 11) is 0. The van der Waals surface area contributed by atoms with E-state index in [0.29, 0.717) is 6.04 Å². The van der Waals surface area contributed by atoms with E-state index in [0.717, 1.165) is 43.8 Å². The Hall–Kier alpha value is -0.890. The van der Waals surface area contributed by atoms with E-state index in [1.807, 2.05) is 6.07 Å². The van der Waals surface area contributed by atoms with Crippen molar-refractivity contribution in [3.63, 3.8) is 0 Å². The second kappa shape index (κ2) is 10.8. The van der Waals surface area contributed by atoms with Crippen LogP contribution < -0.4 is 10.6 Å². The number of aryl methyl sites for hydroxylation is 1. The lowest BCUT2D eigenvalue weighted by Gasteiger charge is -2.16. The number of halogens is 1. The summed E-state index contributed by atoms with van der Waals surface area (Å²) >= 11 is 1.79. The highest BCUT2D eigenvalue weighted by molar-refractivity contribution is 14.0. The van der Waals surface area contributed by atoms with E-state index in [-0.39, 0.29) is 24.0 Å². The van der Waals surface area contributed by atoms with Crippen molar-refractivity contribution in [2.75, 3.05) is 13.1 Å². The van der Waals surface area contributed by atoms with E-state index in [2.05, 4.69) is 59.6 Å². The lowest BCUT2D eigenvalue weighted by Crippen LogP contribution is -2.42. The molecule has 1 aromatic carbocycles. The molecule has 0 saturated carbocycles. The Morgan fingerprint density at radius 2 is 2.09 bits per heavy atom. The molecular formula is C17H27IN4S. The van der Waals surface area contributed by atoms with Gasteiger partial charge in [-0.05, 0) is 38.8 Å². The summed E-state index contributed by atoms with van der Waals surface area (Å²) in [5.74, 6) is 0.918. The number of rotatable bonds is 7. The van der Waals surface area contributed by atoms with Crippen LogP contribution in [0.15, 0.2) is 29.3 Å². The number of aliphatic imine (C=N–C) groups is 1. The minimum absolute atomic E-state index is 0. The smallest absolute Gasteiger partial charge is 0.191 e. The van der Waals surface area contributed by atoms with Gasteiger partial charge in [-0.15, -0.1) is 35.3 Å². The second-order valence-corrected chi connectivity index (χ2v) is 6.51. The van der Waals surface area contributed by atoms with Gasteiger partial charge in [-0.2, -0.15) is 0 Å². The number of para-hydroxylation sites is 1. The van der Waals surface area contributed by atoms with Gasteiger partial charge in [0.1, 0.15) is 0 Å². The van der Waals surface area contributed by atoms with Gasteiger partial charge in [0.15, 0.2) is 5.96 Å². The van der Waals surface area contributed by atoms with Crippen LogP contribution in [0.4, 0.5) is 0 Å². The maximum Gasteiger partial charge on any atom is 0.191 e. The van der Waals surface area contributed by atoms with Gasteiger partial charge in [0.25, 0.3) is 0 Å². The summed E-state index contributed by atoms with van der Waals surface area (Å²) in [4.78, 5) is 9.31.